The number of imidazole rings is 1. The maximum absolute atomic E-state index is 5.13. The first-order valence-corrected chi connectivity index (χ1v) is 6.75. The van der Waals surface area contributed by atoms with Crippen LogP contribution in [0.2, 0.25) is 0 Å². The van der Waals surface area contributed by atoms with Crippen LogP contribution in [0.4, 0.5) is 5.95 Å². The predicted octanol–water partition coefficient (Wildman–Crippen LogP) is 1.84. The number of aryl methyl sites for hydroxylation is 1. The van der Waals surface area contributed by atoms with E-state index in [1.807, 2.05) is 6.92 Å². The Balaban J connectivity index is 2.61. The summed E-state index contributed by atoms with van der Waals surface area (Å²) in [7, 11) is 5.92. The van der Waals surface area contributed by atoms with Crippen LogP contribution in [-0.4, -0.2) is 55.4 Å². The molecule has 0 bridgehead atoms. The highest BCUT2D eigenvalue weighted by molar-refractivity contribution is 5.29. The van der Waals surface area contributed by atoms with Crippen LogP contribution in [-0.2, 0) is 11.3 Å². The van der Waals surface area contributed by atoms with E-state index < -0.39 is 0 Å². The highest BCUT2D eigenvalue weighted by atomic mass is 16.5. The number of nitrogens with zero attached hydrogens (tertiary/aromatic N) is 3. The highest BCUT2D eigenvalue weighted by Crippen LogP contribution is 2.17. The molecule has 5 nitrogen and oxygen atoms in total. The molecule has 0 radical (unpaired) electrons. The van der Waals surface area contributed by atoms with E-state index in [1.165, 1.54) is 0 Å². The Morgan fingerprint density at radius 3 is 2.68 bits per heavy atom. The Bertz CT molecular complexity index is 385. The fourth-order valence-corrected chi connectivity index (χ4v) is 2.28. The van der Waals surface area contributed by atoms with E-state index in [9.17, 15) is 0 Å². The quantitative estimate of drug-likeness (QED) is 0.781. The lowest BCUT2D eigenvalue weighted by atomic mass is 9.93. The van der Waals surface area contributed by atoms with Gasteiger partial charge in [0.25, 0.3) is 0 Å². The number of ether oxygens (including phenoxy) is 1. The average molecular weight is 268 g/mol. The summed E-state index contributed by atoms with van der Waals surface area (Å²) in [6, 6.07) is 0. The van der Waals surface area contributed by atoms with Gasteiger partial charge in [-0.05, 0) is 26.4 Å². The first-order valence-electron chi connectivity index (χ1n) is 6.75. The lowest BCUT2D eigenvalue weighted by Gasteiger charge is -2.28. The van der Waals surface area contributed by atoms with Crippen LogP contribution in [0.5, 0.6) is 0 Å². The third kappa shape index (κ3) is 5.61. The largest absolute Gasteiger partial charge is 0.383 e. The minimum atomic E-state index is 0.204. The SMILES string of the molecule is COCCn1cc(C)nc1NCC(C)(C)CN(C)C. The zero-order valence-electron chi connectivity index (χ0n) is 13.2. The molecule has 1 N–H and O–H groups in total. The first kappa shape index (κ1) is 16.0. The Morgan fingerprint density at radius 2 is 2.11 bits per heavy atom. The standard InChI is InChI=1S/C14H28N4O/c1-12-9-18(7-8-19-6)13(16-12)15-10-14(2,3)11-17(4)5/h9H,7-8,10-11H2,1-6H3,(H,15,16). The summed E-state index contributed by atoms with van der Waals surface area (Å²) >= 11 is 0. The fourth-order valence-electron chi connectivity index (χ4n) is 2.28. The van der Waals surface area contributed by atoms with Crippen LogP contribution in [0, 0.1) is 12.3 Å². The molecule has 0 aliphatic heterocycles. The average Bonchev–Trinajstić information content (AvgIpc) is 2.63. The van der Waals surface area contributed by atoms with Gasteiger partial charge in [-0.1, -0.05) is 13.8 Å². The first-order chi connectivity index (χ1) is 8.84. The number of nitrogens with one attached hydrogen (secondary N) is 1. The van der Waals surface area contributed by atoms with Crippen LogP contribution < -0.4 is 5.32 Å². The molecule has 0 aliphatic carbocycles. The molecule has 0 atom stereocenters. The van der Waals surface area contributed by atoms with Gasteiger partial charge in [-0.25, -0.2) is 4.98 Å². The molecule has 1 aromatic rings. The molecule has 5 heteroatoms. The van der Waals surface area contributed by atoms with Gasteiger partial charge in [0.1, 0.15) is 0 Å². The summed E-state index contributed by atoms with van der Waals surface area (Å²) < 4.78 is 7.24. The van der Waals surface area contributed by atoms with Crippen molar-refractivity contribution in [3.63, 3.8) is 0 Å². The highest BCUT2D eigenvalue weighted by Gasteiger charge is 2.19. The second-order valence-electron chi connectivity index (χ2n) is 6.15. The van der Waals surface area contributed by atoms with Crippen molar-refractivity contribution in [1.82, 2.24) is 14.5 Å². The van der Waals surface area contributed by atoms with Gasteiger partial charge in [-0.15, -0.1) is 0 Å². The molecular weight excluding hydrogens is 240 g/mol. The molecule has 1 rings (SSSR count). The molecule has 0 amide bonds. The lowest BCUT2D eigenvalue weighted by Crippen LogP contribution is -2.34. The maximum atomic E-state index is 5.13. The number of anilines is 1. The van der Waals surface area contributed by atoms with Gasteiger partial charge in [0, 0.05) is 32.9 Å². The molecule has 0 fully saturated rings. The summed E-state index contributed by atoms with van der Waals surface area (Å²) in [5.41, 5.74) is 1.24. The third-order valence-corrected chi connectivity index (χ3v) is 2.90. The molecule has 0 saturated carbocycles. The van der Waals surface area contributed by atoms with Crippen LogP contribution >= 0.6 is 0 Å². The van der Waals surface area contributed by atoms with Crippen molar-refractivity contribution >= 4 is 5.95 Å². The van der Waals surface area contributed by atoms with Crippen LogP contribution in [0.3, 0.4) is 0 Å². The van der Waals surface area contributed by atoms with E-state index in [2.05, 4.69) is 53.9 Å². The van der Waals surface area contributed by atoms with E-state index in [1.54, 1.807) is 7.11 Å². The molecule has 110 valence electrons. The van der Waals surface area contributed by atoms with E-state index in [-0.39, 0.29) is 5.41 Å². The van der Waals surface area contributed by atoms with Crippen molar-refractivity contribution in [3.05, 3.63) is 11.9 Å². The lowest BCUT2D eigenvalue weighted by molar-refractivity contribution is 0.187. The van der Waals surface area contributed by atoms with Crippen molar-refractivity contribution in [2.75, 3.05) is 46.2 Å². The predicted molar refractivity (Wildman–Crippen MR) is 79.7 cm³/mol. The summed E-state index contributed by atoms with van der Waals surface area (Å²) in [4.78, 5) is 6.74. The Morgan fingerprint density at radius 1 is 1.42 bits per heavy atom. The van der Waals surface area contributed by atoms with Crippen LogP contribution in [0.1, 0.15) is 19.5 Å². The van der Waals surface area contributed by atoms with Crippen molar-refractivity contribution in [3.8, 4) is 0 Å². The zero-order valence-corrected chi connectivity index (χ0v) is 13.2. The summed E-state index contributed by atoms with van der Waals surface area (Å²) in [6.07, 6.45) is 2.06. The summed E-state index contributed by atoms with van der Waals surface area (Å²) in [6.45, 7) is 10.00. The fraction of sp³-hybridized carbons (Fsp3) is 0.786. The smallest absolute Gasteiger partial charge is 0.203 e. The normalized spacial score (nSPS) is 12.2. The van der Waals surface area contributed by atoms with E-state index >= 15 is 0 Å². The molecular formula is C14H28N4O. The molecule has 0 unspecified atom stereocenters. The monoisotopic (exact) mass is 268 g/mol. The van der Waals surface area contributed by atoms with E-state index in [4.69, 9.17) is 4.74 Å². The summed E-state index contributed by atoms with van der Waals surface area (Å²) in [5, 5.41) is 3.46. The third-order valence-electron chi connectivity index (χ3n) is 2.90. The maximum Gasteiger partial charge on any atom is 0.203 e. The Kier molecular flexibility index (Phi) is 5.82. The van der Waals surface area contributed by atoms with Gasteiger partial charge in [0.2, 0.25) is 5.95 Å². The molecule has 0 aromatic carbocycles. The number of methoxy groups -OCH3 is 1. The molecule has 19 heavy (non-hydrogen) atoms. The molecule has 1 heterocycles. The van der Waals surface area contributed by atoms with Gasteiger partial charge in [0.05, 0.1) is 12.3 Å². The van der Waals surface area contributed by atoms with Crippen LogP contribution in [0.15, 0.2) is 6.20 Å². The van der Waals surface area contributed by atoms with Gasteiger partial charge < -0.3 is 19.5 Å². The number of aromatic nitrogens is 2. The van der Waals surface area contributed by atoms with Gasteiger partial charge in [-0.2, -0.15) is 0 Å². The summed E-state index contributed by atoms with van der Waals surface area (Å²) in [5.74, 6) is 0.932. The van der Waals surface area contributed by atoms with Crippen molar-refractivity contribution in [2.45, 2.75) is 27.3 Å². The number of rotatable bonds is 8. The molecule has 0 aliphatic rings. The minimum Gasteiger partial charge on any atom is -0.383 e. The van der Waals surface area contributed by atoms with Gasteiger partial charge in [0.15, 0.2) is 0 Å². The van der Waals surface area contributed by atoms with E-state index in [0.29, 0.717) is 6.61 Å². The zero-order chi connectivity index (χ0) is 14.5. The molecule has 1 aromatic heterocycles. The molecule has 0 saturated heterocycles. The molecule has 0 spiro atoms. The Labute approximate surface area is 117 Å². The Hall–Kier alpha value is -1.07. The van der Waals surface area contributed by atoms with Crippen molar-refractivity contribution in [2.24, 2.45) is 5.41 Å². The van der Waals surface area contributed by atoms with Crippen molar-refractivity contribution < 1.29 is 4.74 Å². The topological polar surface area (TPSA) is 42.3 Å². The van der Waals surface area contributed by atoms with Gasteiger partial charge in [-0.3, -0.25) is 0 Å². The number of hydrogen-bond acceptors (Lipinski definition) is 4. The second-order valence-corrected chi connectivity index (χ2v) is 6.15. The second kappa shape index (κ2) is 6.91. The van der Waals surface area contributed by atoms with E-state index in [0.717, 1.165) is 31.3 Å². The van der Waals surface area contributed by atoms with Crippen LogP contribution in [0.25, 0.3) is 0 Å². The minimum absolute atomic E-state index is 0.204. The van der Waals surface area contributed by atoms with Gasteiger partial charge >= 0.3 is 0 Å². The number of hydrogen-bond donors (Lipinski definition) is 1. The van der Waals surface area contributed by atoms with Crippen molar-refractivity contribution in [1.29, 1.82) is 0 Å².